The standard InChI is InChI=1S/C15H11F2NO3/c16-9-4-3-5-10(17)14(9)18-15(19)13-8-20-11-6-1-2-7-12(11)21-13/h1-7,13H,8H2,(H,18,19)/t13-/m1/s1. The van der Waals surface area contributed by atoms with E-state index in [9.17, 15) is 13.6 Å². The number of carbonyl (C=O) groups excluding carboxylic acids is 1. The predicted molar refractivity (Wildman–Crippen MR) is 71.3 cm³/mol. The summed E-state index contributed by atoms with van der Waals surface area (Å²) in [5.41, 5.74) is -0.495. The van der Waals surface area contributed by atoms with Gasteiger partial charge in [-0.25, -0.2) is 8.78 Å². The normalized spacial score (nSPS) is 16.4. The van der Waals surface area contributed by atoms with Gasteiger partial charge in [0, 0.05) is 0 Å². The van der Waals surface area contributed by atoms with Crippen LogP contribution in [-0.4, -0.2) is 18.6 Å². The van der Waals surface area contributed by atoms with Gasteiger partial charge in [0.05, 0.1) is 0 Å². The summed E-state index contributed by atoms with van der Waals surface area (Å²) in [4.78, 5) is 12.0. The highest BCUT2D eigenvalue weighted by Crippen LogP contribution is 2.31. The Kier molecular flexibility index (Phi) is 3.43. The summed E-state index contributed by atoms with van der Waals surface area (Å²) >= 11 is 0. The van der Waals surface area contributed by atoms with Crippen LogP contribution >= 0.6 is 0 Å². The number of carbonyl (C=O) groups is 1. The van der Waals surface area contributed by atoms with Gasteiger partial charge >= 0.3 is 0 Å². The second-order valence-electron chi connectivity index (χ2n) is 4.45. The summed E-state index contributed by atoms with van der Waals surface area (Å²) in [7, 11) is 0. The van der Waals surface area contributed by atoms with E-state index in [4.69, 9.17) is 9.47 Å². The third-order valence-corrected chi connectivity index (χ3v) is 3.01. The molecule has 0 radical (unpaired) electrons. The maximum atomic E-state index is 13.5. The molecule has 0 spiro atoms. The molecule has 1 amide bonds. The number of para-hydroxylation sites is 3. The van der Waals surface area contributed by atoms with E-state index in [2.05, 4.69) is 5.32 Å². The summed E-state index contributed by atoms with van der Waals surface area (Å²) < 4.78 is 37.8. The minimum atomic E-state index is -0.973. The second-order valence-corrected chi connectivity index (χ2v) is 4.45. The minimum absolute atomic E-state index is 0.0289. The van der Waals surface area contributed by atoms with Crippen molar-refractivity contribution in [1.29, 1.82) is 0 Å². The van der Waals surface area contributed by atoms with Crippen molar-refractivity contribution < 1.29 is 23.0 Å². The van der Waals surface area contributed by atoms with Crippen LogP contribution in [0.25, 0.3) is 0 Å². The number of hydrogen-bond acceptors (Lipinski definition) is 3. The molecule has 0 saturated heterocycles. The molecule has 0 aliphatic carbocycles. The number of benzene rings is 2. The van der Waals surface area contributed by atoms with Gasteiger partial charge < -0.3 is 14.8 Å². The van der Waals surface area contributed by atoms with Gasteiger partial charge in [-0.3, -0.25) is 4.79 Å². The Bertz CT molecular complexity index is 670. The van der Waals surface area contributed by atoms with Crippen molar-refractivity contribution in [2.24, 2.45) is 0 Å². The number of anilines is 1. The lowest BCUT2D eigenvalue weighted by Gasteiger charge is -2.25. The van der Waals surface area contributed by atoms with Gasteiger partial charge in [0.2, 0.25) is 6.10 Å². The Balaban J connectivity index is 1.76. The third kappa shape index (κ3) is 2.65. The maximum absolute atomic E-state index is 13.5. The van der Waals surface area contributed by atoms with Gasteiger partial charge in [-0.1, -0.05) is 18.2 Å². The fraction of sp³-hybridized carbons (Fsp3) is 0.133. The molecular weight excluding hydrogens is 280 g/mol. The number of amides is 1. The van der Waals surface area contributed by atoms with Gasteiger partial charge in [0.25, 0.3) is 5.91 Å². The van der Waals surface area contributed by atoms with E-state index >= 15 is 0 Å². The van der Waals surface area contributed by atoms with Crippen LogP contribution in [0.4, 0.5) is 14.5 Å². The van der Waals surface area contributed by atoms with Crippen molar-refractivity contribution in [1.82, 2.24) is 0 Å². The summed E-state index contributed by atoms with van der Waals surface area (Å²) in [5, 5.41) is 2.19. The minimum Gasteiger partial charge on any atom is -0.485 e. The molecule has 0 unspecified atom stereocenters. The molecule has 1 aliphatic rings. The van der Waals surface area contributed by atoms with E-state index < -0.39 is 29.3 Å². The Labute approximate surface area is 119 Å². The van der Waals surface area contributed by atoms with Crippen LogP contribution in [0.1, 0.15) is 0 Å². The molecule has 1 aliphatic heterocycles. The van der Waals surface area contributed by atoms with E-state index in [0.29, 0.717) is 11.5 Å². The molecule has 4 nitrogen and oxygen atoms in total. The Morgan fingerprint density at radius 1 is 1.05 bits per heavy atom. The van der Waals surface area contributed by atoms with Crippen LogP contribution in [0.5, 0.6) is 11.5 Å². The summed E-state index contributed by atoms with van der Waals surface area (Å²) in [6.07, 6.45) is -0.973. The van der Waals surface area contributed by atoms with Crippen LogP contribution in [-0.2, 0) is 4.79 Å². The van der Waals surface area contributed by atoms with Gasteiger partial charge in [-0.2, -0.15) is 0 Å². The van der Waals surface area contributed by atoms with Crippen LogP contribution in [0, 0.1) is 11.6 Å². The number of hydrogen-bond donors (Lipinski definition) is 1. The molecule has 2 aromatic carbocycles. The lowest BCUT2D eigenvalue weighted by molar-refractivity contribution is -0.125. The highest BCUT2D eigenvalue weighted by Gasteiger charge is 2.28. The Hall–Kier alpha value is -2.63. The van der Waals surface area contributed by atoms with E-state index in [1.807, 2.05) is 0 Å². The van der Waals surface area contributed by atoms with E-state index in [1.165, 1.54) is 6.07 Å². The first-order valence-electron chi connectivity index (χ1n) is 6.28. The summed E-state index contributed by atoms with van der Waals surface area (Å²) in [6.45, 7) is -0.0289. The van der Waals surface area contributed by atoms with E-state index in [0.717, 1.165) is 12.1 Å². The highest BCUT2D eigenvalue weighted by atomic mass is 19.1. The van der Waals surface area contributed by atoms with Gasteiger partial charge in [0.15, 0.2) is 11.5 Å². The van der Waals surface area contributed by atoms with Crippen molar-refractivity contribution in [2.45, 2.75) is 6.10 Å². The first kappa shape index (κ1) is 13.4. The van der Waals surface area contributed by atoms with Crippen molar-refractivity contribution in [2.75, 3.05) is 11.9 Å². The van der Waals surface area contributed by atoms with Crippen LogP contribution in [0.15, 0.2) is 42.5 Å². The predicted octanol–water partition coefficient (Wildman–Crippen LogP) is 2.74. The van der Waals surface area contributed by atoms with Crippen molar-refractivity contribution in [3.63, 3.8) is 0 Å². The molecule has 2 aromatic rings. The molecule has 0 saturated carbocycles. The monoisotopic (exact) mass is 291 g/mol. The van der Waals surface area contributed by atoms with Crippen LogP contribution < -0.4 is 14.8 Å². The zero-order valence-corrected chi connectivity index (χ0v) is 10.8. The molecule has 21 heavy (non-hydrogen) atoms. The SMILES string of the molecule is O=C(Nc1c(F)cccc1F)[C@H]1COc2ccccc2O1. The second kappa shape index (κ2) is 5.40. The van der Waals surface area contributed by atoms with Gasteiger partial charge in [-0.15, -0.1) is 0 Å². The summed E-state index contributed by atoms with van der Waals surface area (Å²) in [5.74, 6) is -1.43. The van der Waals surface area contributed by atoms with Crippen molar-refractivity contribution in [3.05, 3.63) is 54.1 Å². The molecule has 1 N–H and O–H groups in total. The average Bonchev–Trinajstić information content (AvgIpc) is 2.50. The number of rotatable bonds is 2. The zero-order chi connectivity index (χ0) is 14.8. The average molecular weight is 291 g/mol. The quantitative estimate of drug-likeness (QED) is 0.925. The Morgan fingerprint density at radius 3 is 2.43 bits per heavy atom. The number of ether oxygens (including phenoxy) is 2. The van der Waals surface area contributed by atoms with Crippen LogP contribution in [0.2, 0.25) is 0 Å². The molecule has 6 heteroatoms. The summed E-state index contributed by atoms with van der Waals surface area (Å²) in [6, 6.07) is 10.2. The van der Waals surface area contributed by atoms with E-state index in [1.54, 1.807) is 24.3 Å². The number of halogens is 2. The third-order valence-electron chi connectivity index (χ3n) is 3.01. The first-order valence-corrected chi connectivity index (χ1v) is 6.28. The first-order chi connectivity index (χ1) is 10.1. The number of nitrogens with one attached hydrogen (secondary N) is 1. The molecule has 0 bridgehead atoms. The fourth-order valence-electron chi connectivity index (χ4n) is 1.97. The Morgan fingerprint density at radius 2 is 1.71 bits per heavy atom. The highest BCUT2D eigenvalue weighted by molar-refractivity contribution is 5.95. The van der Waals surface area contributed by atoms with Gasteiger partial charge in [-0.05, 0) is 24.3 Å². The zero-order valence-electron chi connectivity index (χ0n) is 10.8. The smallest absolute Gasteiger partial charge is 0.269 e. The number of fused-ring (bicyclic) bond motifs is 1. The molecule has 108 valence electrons. The van der Waals surface area contributed by atoms with Crippen molar-refractivity contribution in [3.8, 4) is 11.5 Å². The molecule has 0 fully saturated rings. The molecule has 0 aromatic heterocycles. The lowest BCUT2D eigenvalue weighted by Crippen LogP contribution is -2.40. The fourth-order valence-corrected chi connectivity index (χ4v) is 1.97. The maximum Gasteiger partial charge on any atom is 0.269 e. The van der Waals surface area contributed by atoms with Crippen molar-refractivity contribution >= 4 is 11.6 Å². The molecule has 3 rings (SSSR count). The van der Waals surface area contributed by atoms with Crippen LogP contribution in [0.3, 0.4) is 0 Å². The molecular formula is C15H11F2NO3. The van der Waals surface area contributed by atoms with Gasteiger partial charge in [0.1, 0.15) is 23.9 Å². The molecule has 1 heterocycles. The molecule has 1 atom stereocenters. The largest absolute Gasteiger partial charge is 0.485 e. The topological polar surface area (TPSA) is 47.6 Å². The van der Waals surface area contributed by atoms with E-state index in [-0.39, 0.29) is 6.61 Å². The lowest BCUT2D eigenvalue weighted by atomic mass is 10.2.